The predicted molar refractivity (Wildman–Crippen MR) is 165 cm³/mol. The molecular formula is C32H57FN4O. The van der Waals surface area contributed by atoms with E-state index in [2.05, 4.69) is 57.2 Å². The van der Waals surface area contributed by atoms with Crippen LogP contribution in [0.25, 0.3) is 0 Å². The van der Waals surface area contributed by atoms with Gasteiger partial charge in [-0.25, -0.2) is 0 Å². The van der Waals surface area contributed by atoms with Gasteiger partial charge in [0.25, 0.3) is 0 Å². The maximum absolute atomic E-state index is 12.3. The molecule has 1 atom stereocenters. The standard InChI is InChI=1S/C16H23FN2O.C10H15N.C2H7N.2C2H6/c1-12-10-15-13(11-18-12)4-2-3-5-16(15)19-8-6-14(20-17)7-9-19;1-2-3-9-11-10-7-5-4-6-8-10;1-3-2;2*1-2/h2-3,5,12,14,18H,4,6-11H2,1H3;2-3,9H,1,4-8H2;3H,1-2H3;2*1-2H3/b;9-3-;;;. The Morgan fingerprint density at radius 2 is 1.74 bits per heavy atom. The van der Waals surface area contributed by atoms with Crippen LogP contribution in [0.15, 0.2) is 65.0 Å². The number of likely N-dealkylation sites (tertiary alicyclic amines) is 1. The normalized spacial score (nSPS) is 21.1. The van der Waals surface area contributed by atoms with Crippen LogP contribution in [0.3, 0.4) is 0 Å². The average molecular weight is 533 g/mol. The molecule has 2 fully saturated rings. The van der Waals surface area contributed by atoms with Crippen LogP contribution in [0.5, 0.6) is 0 Å². The molecule has 2 heterocycles. The molecule has 0 spiro atoms. The number of allylic oxidation sites excluding steroid dienone is 6. The fourth-order valence-corrected chi connectivity index (χ4v) is 4.66. The van der Waals surface area contributed by atoms with Crippen LogP contribution >= 0.6 is 0 Å². The number of nitrogens with zero attached hydrogens (tertiary/aromatic N) is 2. The smallest absolute Gasteiger partial charge is 0.102 e. The second-order valence-electron chi connectivity index (χ2n) is 9.36. The number of halogens is 1. The third kappa shape index (κ3) is 14.2. The number of piperidine rings is 1. The maximum atomic E-state index is 12.3. The van der Waals surface area contributed by atoms with E-state index in [1.54, 1.807) is 6.08 Å². The molecule has 0 amide bonds. The lowest BCUT2D eigenvalue weighted by Crippen LogP contribution is -2.39. The fourth-order valence-electron chi connectivity index (χ4n) is 4.66. The lowest BCUT2D eigenvalue weighted by Gasteiger charge is -2.37. The Kier molecular flexibility index (Phi) is 22.8. The van der Waals surface area contributed by atoms with E-state index in [1.807, 2.05) is 54.1 Å². The molecule has 1 saturated carbocycles. The van der Waals surface area contributed by atoms with Crippen molar-refractivity contribution in [3.8, 4) is 0 Å². The second-order valence-corrected chi connectivity index (χ2v) is 9.36. The van der Waals surface area contributed by atoms with Crippen molar-refractivity contribution in [1.29, 1.82) is 0 Å². The van der Waals surface area contributed by atoms with E-state index in [-0.39, 0.29) is 6.10 Å². The monoisotopic (exact) mass is 532 g/mol. The van der Waals surface area contributed by atoms with Gasteiger partial charge < -0.3 is 15.5 Å². The summed E-state index contributed by atoms with van der Waals surface area (Å²) >= 11 is 0. The minimum atomic E-state index is -0.214. The third-order valence-electron chi connectivity index (χ3n) is 6.48. The zero-order valence-corrected chi connectivity index (χ0v) is 25.5. The third-order valence-corrected chi connectivity index (χ3v) is 6.48. The minimum absolute atomic E-state index is 0.214. The first-order valence-electron chi connectivity index (χ1n) is 14.9. The predicted octanol–water partition coefficient (Wildman–Crippen LogP) is 7.85. The van der Waals surface area contributed by atoms with Crippen molar-refractivity contribution >= 4 is 5.71 Å². The van der Waals surface area contributed by atoms with Gasteiger partial charge in [0, 0.05) is 43.3 Å². The summed E-state index contributed by atoms with van der Waals surface area (Å²) in [6.07, 6.45) is 22.0. The molecule has 0 aromatic heterocycles. The van der Waals surface area contributed by atoms with E-state index in [9.17, 15) is 4.53 Å². The molecule has 0 radical (unpaired) electrons. The summed E-state index contributed by atoms with van der Waals surface area (Å²) < 4.78 is 12.3. The highest BCUT2D eigenvalue weighted by Crippen LogP contribution is 2.32. The van der Waals surface area contributed by atoms with Crippen LogP contribution in [0.4, 0.5) is 4.53 Å². The van der Waals surface area contributed by atoms with E-state index in [1.165, 1.54) is 54.7 Å². The van der Waals surface area contributed by atoms with Crippen molar-refractivity contribution in [3.63, 3.8) is 0 Å². The van der Waals surface area contributed by atoms with Gasteiger partial charge in [-0.2, -0.15) is 4.94 Å². The van der Waals surface area contributed by atoms with Crippen molar-refractivity contribution in [1.82, 2.24) is 15.5 Å². The lowest BCUT2D eigenvalue weighted by molar-refractivity contribution is -0.189. The summed E-state index contributed by atoms with van der Waals surface area (Å²) in [5.41, 5.74) is 5.71. The molecule has 2 aliphatic carbocycles. The largest absolute Gasteiger partial charge is 0.371 e. The highest BCUT2D eigenvalue weighted by Gasteiger charge is 2.27. The van der Waals surface area contributed by atoms with Crippen LogP contribution in [-0.4, -0.2) is 56.5 Å². The van der Waals surface area contributed by atoms with Crippen LogP contribution < -0.4 is 10.6 Å². The average Bonchev–Trinajstić information content (AvgIpc) is 3.19. The van der Waals surface area contributed by atoms with Crippen molar-refractivity contribution < 1.29 is 9.47 Å². The van der Waals surface area contributed by atoms with E-state index < -0.39 is 0 Å². The van der Waals surface area contributed by atoms with Crippen LogP contribution in [0, 0.1) is 0 Å². The Morgan fingerprint density at radius 1 is 1.11 bits per heavy atom. The molecule has 6 heteroatoms. The second kappa shape index (κ2) is 24.1. The lowest BCUT2D eigenvalue weighted by atomic mass is 9.91. The Labute approximate surface area is 234 Å². The summed E-state index contributed by atoms with van der Waals surface area (Å²) in [6, 6.07) is 0.530. The first-order valence-corrected chi connectivity index (χ1v) is 14.9. The molecule has 0 aromatic rings. The van der Waals surface area contributed by atoms with Crippen LogP contribution in [-0.2, 0) is 4.94 Å². The number of rotatable bonds is 4. The molecule has 2 N–H and O–H groups in total. The first-order chi connectivity index (χ1) is 18.6. The Hall–Kier alpha value is -2.02. The molecule has 2 aliphatic heterocycles. The van der Waals surface area contributed by atoms with Crippen molar-refractivity contribution in [2.24, 2.45) is 4.99 Å². The molecule has 38 heavy (non-hydrogen) atoms. The minimum Gasteiger partial charge on any atom is -0.371 e. The van der Waals surface area contributed by atoms with Gasteiger partial charge in [0.1, 0.15) is 6.10 Å². The molecule has 0 aromatic carbocycles. The Bertz CT molecular complexity index is 753. The van der Waals surface area contributed by atoms with Gasteiger partial charge in [-0.05, 0) is 100 Å². The van der Waals surface area contributed by atoms with Gasteiger partial charge in [-0.15, -0.1) is 0 Å². The van der Waals surface area contributed by atoms with Crippen molar-refractivity contribution in [2.45, 2.75) is 105 Å². The summed E-state index contributed by atoms with van der Waals surface area (Å²) in [4.78, 5) is 10.7. The zero-order chi connectivity index (χ0) is 28.6. The highest BCUT2D eigenvalue weighted by atomic mass is 19.3. The Morgan fingerprint density at radius 3 is 2.32 bits per heavy atom. The van der Waals surface area contributed by atoms with Crippen LogP contribution in [0.1, 0.15) is 92.4 Å². The van der Waals surface area contributed by atoms with Gasteiger partial charge in [-0.3, -0.25) is 4.99 Å². The number of nitrogens with one attached hydrogen (secondary N) is 2. The molecule has 218 valence electrons. The molecular weight excluding hydrogens is 475 g/mol. The topological polar surface area (TPSA) is 48.9 Å². The summed E-state index contributed by atoms with van der Waals surface area (Å²) in [5.74, 6) is 0. The molecule has 1 unspecified atom stereocenters. The van der Waals surface area contributed by atoms with E-state index >= 15 is 0 Å². The zero-order valence-electron chi connectivity index (χ0n) is 25.5. The van der Waals surface area contributed by atoms with E-state index in [4.69, 9.17) is 0 Å². The summed E-state index contributed by atoms with van der Waals surface area (Å²) in [6.45, 7) is 16.6. The molecule has 4 rings (SSSR count). The van der Waals surface area contributed by atoms with E-state index in [0.717, 1.165) is 45.3 Å². The van der Waals surface area contributed by atoms with Gasteiger partial charge in [0.05, 0.1) is 0 Å². The van der Waals surface area contributed by atoms with Crippen molar-refractivity contribution in [3.05, 3.63) is 60.0 Å². The SMILES string of the molecule is C=C/C=C\N=C1CCCCC1.CC.CC.CC1CC2=C(CC=CC=C2N2CCC(OF)CC2)CN1.CNC. The molecule has 4 aliphatic rings. The van der Waals surface area contributed by atoms with Crippen LogP contribution in [0.2, 0.25) is 0 Å². The number of hydrogen-bond donors (Lipinski definition) is 2. The maximum Gasteiger partial charge on any atom is 0.102 e. The van der Waals surface area contributed by atoms with Gasteiger partial charge in [-0.1, -0.05) is 58.9 Å². The van der Waals surface area contributed by atoms with Crippen molar-refractivity contribution in [2.75, 3.05) is 33.7 Å². The Balaban J connectivity index is 0.000000645. The fraction of sp³-hybridized carbons (Fsp3) is 0.656. The summed E-state index contributed by atoms with van der Waals surface area (Å²) in [7, 11) is 3.75. The number of aliphatic imine (C=N–C) groups is 1. The molecule has 0 bridgehead atoms. The highest BCUT2D eigenvalue weighted by molar-refractivity contribution is 5.85. The van der Waals surface area contributed by atoms with E-state index in [0.29, 0.717) is 6.04 Å². The quantitative estimate of drug-likeness (QED) is 0.362. The first kappa shape index (κ1) is 36.0. The van der Waals surface area contributed by atoms with Gasteiger partial charge in [0.15, 0.2) is 0 Å². The van der Waals surface area contributed by atoms with Gasteiger partial charge >= 0.3 is 0 Å². The summed E-state index contributed by atoms with van der Waals surface area (Å²) in [5, 5.41) is 6.29. The van der Waals surface area contributed by atoms with Gasteiger partial charge in [0.2, 0.25) is 0 Å². The number of hydrogen-bond acceptors (Lipinski definition) is 5. The molecule has 5 nitrogen and oxygen atoms in total. The molecule has 1 saturated heterocycles.